The first kappa shape index (κ1) is 6.70. The maximum atomic E-state index is 5.29. The third kappa shape index (κ3) is 1.49. The van der Waals surface area contributed by atoms with Gasteiger partial charge in [0.05, 0.1) is 6.20 Å². The highest BCUT2D eigenvalue weighted by molar-refractivity contribution is 9.10. The van der Waals surface area contributed by atoms with Crippen molar-refractivity contribution in [3.63, 3.8) is 0 Å². The Balaban J connectivity index is 3.17. The first-order chi connectivity index (χ1) is 4.20. The van der Waals surface area contributed by atoms with Gasteiger partial charge in [-0.15, -0.1) is 0 Å². The van der Waals surface area contributed by atoms with Gasteiger partial charge in [0.15, 0.2) is 0 Å². The molecule has 3 nitrogen and oxygen atoms in total. The molecule has 0 radical (unpaired) electrons. The summed E-state index contributed by atoms with van der Waals surface area (Å²) in [6, 6.07) is 0. The van der Waals surface area contributed by atoms with Crippen LogP contribution in [-0.4, -0.2) is 9.97 Å². The maximum Gasteiger partial charge on any atom is 0.122 e. The molecular formula is C4H3BrN3S-. The van der Waals surface area contributed by atoms with Gasteiger partial charge in [0, 0.05) is 0 Å². The summed E-state index contributed by atoms with van der Waals surface area (Å²) in [5.41, 5.74) is 5.29. The van der Waals surface area contributed by atoms with Gasteiger partial charge in [-0.1, -0.05) is 0 Å². The van der Waals surface area contributed by atoms with Crippen LogP contribution in [0.15, 0.2) is 15.8 Å². The van der Waals surface area contributed by atoms with Crippen molar-refractivity contribution >= 4 is 34.4 Å². The van der Waals surface area contributed by atoms with E-state index >= 15 is 0 Å². The Bertz CT molecular complexity index is 227. The number of aromatic nitrogens is 2. The van der Waals surface area contributed by atoms with E-state index in [9.17, 15) is 0 Å². The normalized spacial score (nSPS) is 9.44. The molecule has 5 heteroatoms. The molecule has 1 aromatic rings. The quantitative estimate of drug-likeness (QED) is 0.634. The van der Waals surface area contributed by atoms with E-state index in [2.05, 4.69) is 25.9 Å². The van der Waals surface area contributed by atoms with E-state index in [0.717, 1.165) is 0 Å². The molecule has 0 atom stereocenters. The highest BCUT2D eigenvalue weighted by Gasteiger charge is 1.88. The summed E-state index contributed by atoms with van der Waals surface area (Å²) in [4.78, 5) is 7.56. The van der Waals surface area contributed by atoms with Crippen LogP contribution in [0.1, 0.15) is 0 Å². The zero-order valence-electron chi connectivity index (χ0n) is 4.34. The third-order valence-electron chi connectivity index (χ3n) is 0.738. The molecule has 0 spiro atoms. The third-order valence-corrected chi connectivity index (χ3v) is 1.42. The van der Waals surface area contributed by atoms with E-state index in [-0.39, 0.29) is 0 Å². The van der Waals surface area contributed by atoms with Crippen LogP contribution < -0.4 is 5.73 Å². The summed E-state index contributed by atoms with van der Waals surface area (Å²) in [7, 11) is 0. The minimum atomic E-state index is 0.299. The topological polar surface area (TPSA) is 51.8 Å². The van der Waals surface area contributed by atoms with E-state index in [0.29, 0.717) is 15.4 Å². The first-order valence-electron chi connectivity index (χ1n) is 2.15. The van der Waals surface area contributed by atoms with Crippen molar-refractivity contribution in [1.82, 2.24) is 9.97 Å². The molecule has 2 N–H and O–H groups in total. The van der Waals surface area contributed by atoms with Crippen LogP contribution in [0.25, 0.3) is 0 Å². The van der Waals surface area contributed by atoms with Crippen LogP contribution in [0.5, 0.6) is 0 Å². The largest absolute Gasteiger partial charge is 0.757 e. The summed E-state index contributed by atoms with van der Waals surface area (Å²) < 4.78 is 0.613. The van der Waals surface area contributed by atoms with Crippen molar-refractivity contribution in [2.24, 2.45) is 0 Å². The molecule has 0 saturated heterocycles. The van der Waals surface area contributed by atoms with E-state index in [1.54, 1.807) is 0 Å². The van der Waals surface area contributed by atoms with Crippen molar-refractivity contribution in [2.45, 2.75) is 5.03 Å². The number of nitrogens with zero attached hydrogens (tertiary/aromatic N) is 2. The zero-order chi connectivity index (χ0) is 6.85. The smallest absolute Gasteiger partial charge is 0.122 e. The Morgan fingerprint density at radius 1 is 1.67 bits per heavy atom. The molecule has 0 aliphatic heterocycles. The molecule has 0 aliphatic carbocycles. The summed E-state index contributed by atoms with van der Waals surface area (Å²) in [5.74, 6) is 0.299. The van der Waals surface area contributed by atoms with Crippen LogP contribution in [0.3, 0.4) is 0 Å². The molecule has 0 aliphatic rings. The Hall–Kier alpha value is -0.420. The molecule has 0 saturated carbocycles. The standard InChI is InChI=1S/C4H4BrN3S/c5-2-1-7-3(6)4(9)8-2/h1H,(H2,6,7)(H,8,9)/p-1. The van der Waals surface area contributed by atoms with Gasteiger partial charge in [-0.3, -0.25) is 4.98 Å². The van der Waals surface area contributed by atoms with Gasteiger partial charge in [-0.05, 0) is 21.0 Å². The van der Waals surface area contributed by atoms with Gasteiger partial charge < -0.3 is 18.4 Å². The molecule has 1 aromatic heterocycles. The summed E-state index contributed by atoms with van der Waals surface area (Å²) in [5, 5.41) is 0.337. The van der Waals surface area contributed by atoms with E-state index in [4.69, 9.17) is 18.4 Å². The number of hydrogen-bond donors (Lipinski definition) is 1. The summed E-state index contributed by atoms with van der Waals surface area (Å²) in [6.07, 6.45) is 1.51. The number of halogens is 1. The van der Waals surface area contributed by atoms with Crippen molar-refractivity contribution in [2.75, 3.05) is 5.73 Å². The van der Waals surface area contributed by atoms with Crippen molar-refractivity contribution < 1.29 is 0 Å². The molecule has 9 heavy (non-hydrogen) atoms. The van der Waals surface area contributed by atoms with Crippen LogP contribution in [0, 0.1) is 0 Å². The second kappa shape index (κ2) is 2.45. The maximum absolute atomic E-state index is 5.29. The second-order valence-corrected chi connectivity index (χ2v) is 2.58. The van der Waals surface area contributed by atoms with Gasteiger partial charge in [0.2, 0.25) is 0 Å². The molecule has 1 heterocycles. The molecule has 0 fully saturated rings. The number of anilines is 1. The number of hydrogen-bond acceptors (Lipinski definition) is 4. The summed E-state index contributed by atoms with van der Waals surface area (Å²) in [6.45, 7) is 0. The number of rotatable bonds is 0. The molecule has 0 amide bonds. The van der Waals surface area contributed by atoms with Crippen molar-refractivity contribution in [1.29, 1.82) is 0 Å². The fraction of sp³-hybridized carbons (Fsp3) is 0. The van der Waals surface area contributed by atoms with Crippen LogP contribution in [0.4, 0.5) is 5.82 Å². The Morgan fingerprint density at radius 2 is 2.33 bits per heavy atom. The summed E-state index contributed by atoms with van der Waals surface area (Å²) >= 11 is 7.81. The lowest BCUT2D eigenvalue weighted by Crippen LogP contribution is -1.95. The Labute approximate surface area is 66.2 Å². The Kier molecular flexibility index (Phi) is 1.82. The predicted molar refractivity (Wildman–Crippen MR) is 39.8 cm³/mol. The monoisotopic (exact) mass is 204 g/mol. The molecule has 48 valence electrons. The van der Waals surface area contributed by atoms with Gasteiger partial charge in [-0.2, -0.15) is 0 Å². The van der Waals surface area contributed by atoms with E-state index in [1.165, 1.54) is 6.20 Å². The Morgan fingerprint density at radius 3 is 2.78 bits per heavy atom. The van der Waals surface area contributed by atoms with Crippen LogP contribution in [0.2, 0.25) is 0 Å². The lowest BCUT2D eigenvalue weighted by atomic mass is 10.7. The highest BCUT2D eigenvalue weighted by Crippen LogP contribution is 2.08. The van der Waals surface area contributed by atoms with E-state index < -0.39 is 0 Å². The zero-order valence-corrected chi connectivity index (χ0v) is 6.74. The fourth-order valence-electron chi connectivity index (χ4n) is 0.361. The molecule has 1 rings (SSSR count). The van der Waals surface area contributed by atoms with Gasteiger partial charge >= 0.3 is 0 Å². The molecule has 0 bridgehead atoms. The van der Waals surface area contributed by atoms with Crippen LogP contribution in [-0.2, 0) is 12.6 Å². The fourth-order valence-corrected chi connectivity index (χ4v) is 0.909. The van der Waals surface area contributed by atoms with Crippen molar-refractivity contribution in [3.05, 3.63) is 10.8 Å². The molecule has 0 aromatic carbocycles. The lowest BCUT2D eigenvalue weighted by Gasteiger charge is -2.05. The van der Waals surface area contributed by atoms with Gasteiger partial charge in [0.1, 0.15) is 10.4 Å². The second-order valence-electron chi connectivity index (χ2n) is 1.38. The highest BCUT2D eigenvalue weighted by atomic mass is 79.9. The van der Waals surface area contributed by atoms with Gasteiger partial charge in [-0.25, -0.2) is 4.98 Å². The average molecular weight is 205 g/mol. The number of nitrogen functional groups attached to an aromatic ring is 1. The predicted octanol–water partition coefficient (Wildman–Crippen LogP) is 0.727. The molecule has 0 unspecified atom stereocenters. The average Bonchev–Trinajstić information content (AvgIpc) is 1.80. The first-order valence-corrected chi connectivity index (χ1v) is 3.35. The van der Waals surface area contributed by atoms with Crippen LogP contribution >= 0.6 is 15.9 Å². The SMILES string of the molecule is Nc1ncc(Br)nc1[S-]. The lowest BCUT2D eigenvalue weighted by molar-refractivity contribution is 1.05. The van der Waals surface area contributed by atoms with Crippen molar-refractivity contribution in [3.8, 4) is 0 Å². The minimum absolute atomic E-state index is 0.299. The minimum Gasteiger partial charge on any atom is -0.757 e. The number of nitrogens with two attached hydrogens (primary N) is 1. The van der Waals surface area contributed by atoms with E-state index in [1.807, 2.05) is 0 Å². The van der Waals surface area contributed by atoms with Gasteiger partial charge in [0.25, 0.3) is 0 Å². The molecular weight excluding hydrogens is 202 g/mol.